The molecule has 0 spiro atoms. The summed E-state index contributed by atoms with van der Waals surface area (Å²) < 4.78 is 70.1. The van der Waals surface area contributed by atoms with Crippen LogP contribution in [0.3, 0.4) is 0 Å². The van der Waals surface area contributed by atoms with Gasteiger partial charge in [-0.3, -0.25) is 47.9 Å². The van der Waals surface area contributed by atoms with Crippen molar-refractivity contribution in [3.05, 3.63) is 178 Å². The summed E-state index contributed by atoms with van der Waals surface area (Å²) in [6.45, 7) is 14.3. The average Bonchev–Trinajstić information content (AvgIpc) is 3.84. The number of methoxy groups -OCH3 is 2. The van der Waals surface area contributed by atoms with Crippen LogP contribution in [0.25, 0.3) is 11.1 Å². The average molecular weight is 1130 g/mol. The summed E-state index contributed by atoms with van der Waals surface area (Å²) in [5, 5.41) is 0. The van der Waals surface area contributed by atoms with E-state index in [0.29, 0.717) is 35.3 Å². The minimum absolute atomic E-state index is 0.0666. The molecule has 0 unspecified atom stereocenters. The number of carbonyl (C=O) groups is 4. The van der Waals surface area contributed by atoms with E-state index in [-0.39, 0.29) is 33.4 Å². The summed E-state index contributed by atoms with van der Waals surface area (Å²) in [5.41, 5.74) is 7.28. The molecule has 426 valence electrons. The molecule has 2 heterocycles. The highest BCUT2D eigenvalue weighted by molar-refractivity contribution is 7.86. The summed E-state index contributed by atoms with van der Waals surface area (Å²) in [6.07, 6.45) is 7.43. The van der Waals surface area contributed by atoms with Crippen LogP contribution in [0.1, 0.15) is 129 Å². The quantitative estimate of drug-likeness (QED) is 0.0311. The molecule has 18 heteroatoms. The van der Waals surface area contributed by atoms with Crippen LogP contribution in [0.4, 0.5) is 0 Å². The molecule has 4 amide bonds. The first-order chi connectivity index (χ1) is 38.3. The lowest BCUT2D eigenvalue weighted by atomic mass is 9.97. The second kappa shape index (κ2) is 29.4. The molecule has 2 N–H and O–H groups in total. The van der Waals surface area contributed by atoms with Crippen LogP contribution in [0.2, 0.25) is 0 Å². The SMILES string of the molecule is CCN(CCCCCCN1C(=O)c2ccc(-c3ccc4c(c3)C(=O)N(CCCCCCN(CC)Cc3ccccc3OC)C4=O)cc2C1=O)Cc1ccccc1OC.Cc1ccc(S(=O)(=O)O)cc1.Cc1ccc(S(=O)(=O)O)cc1. The normalized spacial score (nSPS) is 13.0. The maximum atomic E-state index is 13.5. The molecule has 0 fully saturated rings. The van der Waals surface area contributed by atoms with Crippen LogP contribution in [-0.4, -0.2) is 123 Å². The van der Waals surface area contributed by atoms with Gasteiger partial charge in [-0.2, -0.15) is 16.8 Å². The first-order valence-corrected chi connectivity index (χ1v) is 29.9. The lowest BCUT2D eigenvalue weighted by molar-refractivity contribution is 0.0636. The molecule has 0 saturated heterocycles. The third-order valence-corrected chi connectivity index (χ3v) is 15.9. The highest BCUT2D eigenvalue weighted by Gasteiger charge is 2.37. The van der Waals surface area contributed by atoms with Crippen molar-refractivity contribution in [3.8, 4) is 22.6 Å². The standard InChI is InChI=1S/C48H58N4O6.2C7H8O3S/c1-5-49(33-37-19-11-13-21-43(37)57-3)27-15-7-9-17-29-51-45(53)39-25-23-35(31-41(39)47(51)55)36-24-26-40-42(32-36)48(56)52(46(40)54)30-18-10-8-16-28-50(6-2)34-38-20-12-14-22-44(38)58-4;2*1-6-2-4-7(5-3-6)11(8,9)10/h11-14,19-26,31-32H,5-10,15-18,27-30,33-34H2,1-4H3;2*2-5H,1H3,(H,8,9,10). The van der Waals surface area contributed by atoms with E-state index in [1.165, 1.54) is 45.2 Å². The Morgan fingerprint density at radius 1 is 0.438 bits per heavy atom. The molecule has 80 heavy (non-hydrogen) atoms. The Bertz CT molecular complexity index is 3090. The molecular weight excluding hydrogens is 1060 g/mol. The number of rotatable bonds is 25. The molecule has 0 radical (unpaired) electrons. The van der Waals surface area contributed by atoms with Crippen LogP contribution >= 0.6 is 0 Å². The molecule has 0 aromatic heterocycles. The van der Waals surface area contributed by atoms with Crippen LogP contribution in [0.5, 0.6) is 11.5 Å². The zero-order chi connectivity index (χ0) is 58.0. The third-order valence-electron chi connectivity index (χ3n) is 14.2. The van der Waals surface area contributed by atoms with E-state index in [0.717, 1.165) is 124 Å². The van der Waals surface area contributed by atoms with Gasteiger partial charge < -0.3 is 9.47 Å². The first kappa shape index (κ1) is 62.1. The molecule has 2 aliphatic heterocycles. The molecule has 0 aliphatic carbocycles. The Kier molecular flexibility index (Phi) is 22.8. The molecule has 0 saturated carbocycles. The fraction of sp³-hybridized carbons (Fsp3) is 0.355. The summed E-state index contributed by atoms with van der Waals surface area (Å²) in [7, 11) is -4.63. The number of nitrogens with zero attached hydrogens (tertiary/aromatic N) is 4. The highest BCUT2D eigenvalue weighted by atomic mass is 32.2. The number of imide groups is 2. The Morgan fingerprint density at radius 2 is 0.775 bits per heavy atom. The molecule has 6 aromatic rings. The third kappa shape index (κ3) is 17.0. The second-order valence-corrected chi connectivity index (χ2v) is 22.7. The van der Waals surface area contributed by atoms with Gasteiger partial charge in [0, 0.05) is 37.3 Å². The van der Waals surface area contributed by atoms with Crippen LogP contribution in [0.15, 0.2) is 143 Å². The number of para-hydroxylation sites is 2. The largest absolute Gasteiger partial charge is 0.496 e. The molecular formula is C62H74N4O12S2. The monoisotopic (exact) mass is 1130 g/mol. The van der Waals surface area contributed by atoms with E-state index in [1.807, 2.05) is 62.4 Å². The van der Waals surface area contributed by atoms with Gasteiger partial charge in [0.15, 0.2) is 0 Å². The van der Waals surface area contributed by atoms with Crippen molar-refractivity contribution in [1.29, 1.82) is 0 Å². The number of hydrogen-bond donors (Lipinski definition) is 2. The van der Waals surface area contributed by atoms with Gasteiger partial charge >= 0.3 is 0 Å². The highest BCUT2D eigenvalue weighted by Crippen LogP contribution is 2.33. The zero-order valence-electron chi connectivity index (χ0n) is 46.6. The van der Waals surface area contributed by atoms with Gasteiger partial charge in [0.2, 0.25) is 0 Å². The molecule has 0 bridgehead atoms. The fourth-order valence-corrected chi connectivity index (χ4v) is 10.5. The number of aryl methyl sites for hydroxylation is 2. The van der Waals surface area contributed by atoms with E-state index in [9.17, 15) is 36.0 Å². The van der Waals surface area contributed by atoms with E-state index < -0.39 is 20.2 Å². The molecule has 16 nitrogen and oxygen atoms in total. The van der Waals surface area contributed by atoms with Crippen LogP contribution < -0.4 is 9.47 Å². The van der Waals surface area contributed by atoms with Crippen LogP contribution in [-0.2, 0) is 33.3 Å². The van der Waals surface area contributed by atoms with Gasteiger partial charge in [0.1, 0.15) is 11.5 Å². The predicted octanol–water partition coefficient (Wildman–Crippen LogP) is 11.2. The van der Waals surface area contributed by atoms with Crippen molar-refractivity contribution in [2.24, 2.45) is 0 Å². The first-order valence-electron chi connectivity index (χ1n) is 27.1. The van der Waals surface area contributed by atoms with Crippen molar-refractivity contribution >= 4 is 43.9 Å². The maximum Gasteiger partial charge on any atom is 0.294 e. The summed E-state index contributed by atoms with van der Waals surface area (Å²) in [4.78, 5) is 60.9. The maximum absolute atomic E-state index is 13.5. The van der Waals surface area contributed by atoms with E-state index in [2.05, 4.69) is 35.8 Å². The Hall–Kier alpha value is -7.06. The lowest BCUT2D eigenvalue weighted by Crippen LogP contribution is -2.30. The Balaban J connectivity index is 0.000000386. The summed E-state index contributed by atoms with van der Waals surface area (Å²) >= 11 is 0. The molecule has 6 aromatic carbocycles. The van der Waals surface area contributed by atoms with Gasteiger partial charge in [-0.25, -0.2) is 0 Å². The molecule has 2 aliphatic rings. The fourth-order valence-electron chi connectivity index (χ4n) is 9.53. The molecule has 0 atom stereocenters. The number of unbranched alkanes of at least 4 members (excludes halogenated alkanes) is 6. The van der Waals surface area contributed by atoms with E-state index >= 15 is 0 Å². The minimum Gasteiger partial charge on any atom is -0.496 e. The number of benzene rings is 6. The van der Waals surface area contributed by atoms with Gasteiger partial charge in [-0.05, 0) is 138 Å². The van der Waals surface area contributed by atoms with Crippen molar-refractivity contribution in [2.45, 2.75) is 102 Å². The number of fused-ring (bicyclic) bond motifs is 2. The number of amides is 4. The predicted molar refractivity (Wildman–Crippen MR) is 309 cm³/mol. The zero-order valence-corrected chi connectivity index (χ0v) is 48.2. The van der Waals surface area contributed by atoms with Crippen LogP contribution in [0, 0.1) is 13.8 Å². The summed E-state index contributed by atoms with van der Waals surface area (Å²) in [5.74, 6) is 0.720. The van der Waals surface area contributed by atoms with Crippen molar-refractivity contribution in [3.63, 3.8) is 0 Å². The number of hydrogen-bond acceptors (Lipinski definition) is 12. The van der Waals surface area contributed by atoms with E-state index in [4.69, 9.17) is 18.6 Å². The van der Waals surface area contributed by atoms with Crippen molar-refractivity contribution < 1.29 is 54.6 Å². The smallest absolute Gasteiger partial charge is 0.294 e. The Morgan fingerprint density at radius 3 is 1.11 bits per heavy atom. The van der Waals surface area contributed by atoms with Gasteiger partial charge in [-0.1, -0.05) is 123 Å². The lowest BCUT2D eigenvalue weighted by Gasteiger charge is -2.21. The molecule has 8 rings (SSSR count). The minimum atomic E-state index is -4.02. The van der Waals surface area contributed by atoms with Gasteiger partial charge in [-0.15, -0.1) is 0 Å². The van der Waals surface area contributed by atoms with Gasteiger partial charge in [0.05, 0.1) is 46.3 Å². The van der Waals surface area contributed by atoms with Crippen molar-refractivity contribution in [2.75, 3.05) is 53.5 Å². The summed E-state index contributed by atoms with van der Waals surface area (Å²) in [6, 6.07) is 38.7. The van der Waals surface area contributed by atoms with Gasteiger partial charge in [0.25, 0.3) is 43.9 Å². The van der Waals surface area contributed by atoms with Crippen molar-refractivity contribution in [1.82, 2.24) is 19.6 Å². The van der Waals surface area contributed by atoms with E-state index in [1.54, 1.807) is 62.8 Å². The second-order valence-electron chi connectivity index (χ2n) is 19.8. The number of ether oxygens (including phenoxy) is 2. The Labute approximate surface area is 471 Å². The number of carbonyl (C=O) groups excluding carboxylic acids is 4. The topological polar surface area (TPSA) is 208 Å².